The number of hydrogen-bond acceptors (Lipinski definition) is 4. The smallest absolute Gasteiger partial charge is 0.282 e. The van der Waals surface area contributed by atoms with E-state index in [4.69, 9.17) is 16.7 Å². The molecule has 2 aliphatic rings. The van der Waals surface area contributed by atoms with Gasteiger partial charge in [0.1, 0.15) is 5.71 Å². The Hall–Kier alpha value is -2.37. The summed E-state index contributed by atoms with van der Waals surface area (Å²) in [6, 6.07) is 17.7. The minimum atomic E-state index is -0.120. The molecule has 0 aromatic heterocycles. The van der Waals surface area contributed by atoms with E-state index in [1.807, 2.05) is 52.5 Å². The zero-order valence-corrected chi connectivity index (χ0v) is 16.8. The Bertz CT molecular complexity index is 864. The molecule has 28 heavy (non-hydrogen) atoms. The summed E-state index contributed by atoms with van der Waals surface area (Å²) in [5.74, 6) is -0.187. The van der Waals surface area contributed by atoms with Crippen LogP contribution < -0.4 is 10.4 Å². The molecule has 1 N–H and O–H groups in total. The van der Waals surface area contributed by atoms with E-state index < -0.39 is 0 Å². The highest BCUT2D eigenvalue weighted by Gasteiger charge is 2.40. The second-order valence-corrected chi connectivity index (χ2v) is 7.82. The Morgan fingerprint density at radius 1 is 1.04 bits per heavy atom. The van der Waals surface area contributed by atoms with Crippen molar-refractivity contribution in [2.45, 2.75) is 32.2 Å². The lowest BCUT2D eigenvalue weighted by Crippen LogP contribution is -2.48. The highest BCUT2D eigenvalue weighted by molar-refractivity contribution is 6.40. The minimum absolute atomic E-state index is 0.0662. The van der Waals surface area contributed by atoms with Crippen molar-refractivity contribution in [2.24, 2.45) is 11.0 Å². The Labute approximate surface area is 170 Å². The standard InChI is InChI=1S/C22H25ClN4O/c1-16-20(22(28)25-26-14-8-3-9-15-26)24-27(19-13-7-6-12-18(19)23)21(16)17-10-4-2-5-11-17/h2,4-7,10-13,16,21H,3,8-9,14-15H2,1H3,(H,25,28)/t16-,21+/m1/s1. The monoisotopic (exact) mass is 396 g/mol. The molecule has 0 unspecified atom stereocenters. The molecule has 6 heteroatoms. The molecule has 2 heterocycles. The third kappa shape index (κ3) is 3.77. The SMILES string of the molecule is C[C@@H]1C(C(=O)NN2CCCCC2)=NN(c2ccccc2Cl)[C@@H]1c1ccccc1. The fourth-order valence-corrected chi connectivity index (χ4v) is 4.23. The molecule has 0 aliphatic carbocycles. The van der Waals surface area contributed by atoms with Crippen LogP contribution in [-0.4, -0.2) is 29.7 Å². The van der Waals surface area contributed by atoms with Gasteiger partial charge in [-0.1, -0.05) is 67.4 Å². The van der Waals surface area contributed by atoms with Crippen molar-refractivity contribution in [1.29, 1.82) is 0 Å². The normalized spacial score (nSPS) is 22.8. The van der Waals surface area contributed by atoms with E-state index in [9.17, 15) is 4.79 Å². The van der Waals surface area contributed by atoms with Gasteiger partial charge in [0.25, 0.3) is 5.91 Å². The number of rotatable bonds is 4. The third-order valence-corrected chi connectivity index (χ3v) is 5.79. The molecule has 4 rings (SSSR count). The summed E-state index contributed by atoms with van der Waals surface area (Å²) in [5.41, 5.74) is 5.52. The number of carbonyl (C=O) groups is 1. The predicted molar refractivity (Wildman–Crippen MR) is 113 cm³/mol. The topological polar surface area (TPSA) is 47.9 Å². The van der Waals surface area contributed by atoms with Crippen molar-refractivity contribution in [1.82, 2.24) is 10.4 Å². The summed E-state index contributed by atoms with van der Waals surface area (Å²) >= 11 is 6.47. The number of halogens is 1. The summed E-state index contributed by atoms with van der Waals surface area (Å²) in [7, 11) is 0. The van der Waals surface area contributed by atoms with Gasteiger partial charge in [0.05, 0.1) is 16.8 Å². The first-order valence-corrected chi connectivity index (χ1v) is 10.3. The number of hydrogen-bond donors (Lipinski definition) is 1. The van der Waals surface area contributed by atoms with Gasteiger partial charge in [0.15, 0.2) is 0 Å². The Balaban J connectivity index is 1.66. The predicted octanol–water partition coefficient (Wildman–Crippen LogP) is 4.41. The van der Waals surface area contributed by atoms with Crippen LogP contribution in [0, 0.1) is 5.92 Å². The van der Waals surface area contributed by atoms with E-state index in [1.54, 1.807) is 0 Å². The van der Waals surface area contributed by atoms with Crippen molar-refractivity contribution >= 4 is 28.9 Å². The van der Waals surface area contributed by atoms with E-state index in [0.29, 0.717) is 10.7 Å². The number of anilines is 1. The van der Waals surface area contributed by atoms with Gasteiger partial charge < -0.3 is 0 Å². The molecular weight excluding hydrogens is 372 g/mol. The van der Waals surface area contributed by atoms with Crippen LogP contribution in [0.5, 0.6) is 0 Å². The van der Waals surface area contributed by atoms with Crippen LogP contribution in [0.1, 0.15) is 37.8 Å². The van der Waals surface area contributed by atoms with Crippen LogP contribution in [0.2, 0.25) is 5.02 Å². The second kappa shape index (κ2) is 8.33. The maximum atomic E-state index is 13.0. The van der Waals surface area contributed by atoms with Crippen LogP contribution >= 0.6 is 11.6 Å². The number of para-hydroxylation sites is 1. The molecule has 0 spiro atoms. The first-order valence-electron chi connectivity index (χ1n) is 9.88. The number of piperidine rings is 1. The Kier molecular flexibility index (Phi) is 5.64. The summed E-state index contributed by atoms with van der Waals surface area (Å²) in [4.78, 5) is 13.0. The zero-order chi connectivity index (χ0) is 19.5. The highest BCUT2D eigenvalue weighted by Crippen LogP contribution is 2.41. The number of benzene rings is 2. The molecule has 2 atom stereocenters. The molecule has 5 nitrogen and oxygen atoms in total. The first kappa shape index (κ1) is 19.0. The summed E-state index contributed by atoms with van der Waals surface area (Å²) in [6.45, 7) is 3.84. The fraction of sp³-hybridized carbons (Fsp3) is 0.364. The molecule has 0 radical (unpaired) electrons. The Morgan fingerprint density at radius 3 is 2.43 bits per heavy atom. The van der Waals surface area contributed by atoms with Crippen molar-refractivity contribution in [3.63, 3.8) is 0 Å². The molecule has 1 fully saturated rings. The molecule has 2 aromatic rings. The lowest BCUT2D eigenvalue weighted by Gasteiger charge is -2.28. The number of hydrazone groups is 1. The summed E-state index contributed by atoms with van der Waals surface area (Å²) < 4.78 is 0. The van der Waals surface area contributed by atoms with Crippen LogP contribution in [0.4, 0.5) is 5.69 Å². The Morgan fingerprint density at radius 2 is 1.71 bits per heavy atom. The van der Waals surface area contributed by atoms with Crippen LogP contribution in [0.3, 0.4) is 0 Å². The van der Waals surface area contributed by atoms with Crippen molar-refractivity contribution in [2.75, 3.05) is 18.1 Å². The van der Waals surface area contributed by atoms with E-state index in [-0.39, 0.29) is 17.9 Å². The second-order valence-electron chi connectivity index (χ2n) is 7.41. The number of nitrogens with one attached hydrogen (secondary N) is 1. The minimum Gasteiger partial charge on any atom is -0.284 e. The summed E-state index contributed by atoms with van der Waals surface area (Å²) in [6.07, 6.45) is 3.45. The van der Waals surface area contributed by atoms with Crippen molar-refractivity contribution in [3.05, 3.63) is 65.2 Å². The van der Waals surface area contributed by atoms with E-state index in [2.05, 4.69) is 24.5 Å². The lowest BCUT2D eigenvalue weighted by molar-refractivity contribution is -0.120. The van der Waals surface area contributed by atoms with Gasteiger partial charge in [-0.3, -0.25) is 15.2 Å². The molecule has 0 saturated carbocycles. The summed E-state index contributed by atoms with van der Waals surface area (Å²) in [5, 5.41) is 9.28. The van der Waals surface area contributed by atoms with Crippen molar-refractivity contribution < 1.29 is 4.79 Å². The molecule has 2 aromatic carbocycles. The van der Waals surface area contributed by atoms with Gasteiger partial charge in [-0.05, 0) is 30.5 Å². The fourth-order valence-electron chi connectivity index (χ4n) is 4.01. The van der Waals surface area contributed by atoms with Gasteiger partial charge in [-0.25, -0.2) is 5.01 Å². The average Bonchev–Trinajstić information content (AvgIpc) is 3.07. The van der Waals surface area contributed by atoms with E-state index in [1.165, 1.54) is 6.42 Å². The number of nitrogens with zero attached hydrogens (tertiary/aromatic N) is 3. The highest BCUT2D eigenvalue weighted by atomic mass is 35.5. The molecule has 1 saturated heterocycles. The van der Waals surface area contributed by atoms with Gasteiger partial charge in [0, 0.05) is 19.0 Å². The molecule has 146 valence electrons. The van der Waals surface area contributed by atoms with Crippen LogP contribution in [0.15, 0.2) is 59.7 Å². The molecule has 1 amide bonds. The molecule has 2 aliphatic heterocycles. The van der Waals surface area contributed by atoms with Gasteiger partial charge in [-0.2, -0.15) is 5.10 Å². The van der Waals surface area contributed by atoms with Gasteiger partial charge in [-0.15, -0.1) is 0 Å². The average molecular weight is 397 g/mol. The van der Waals surface area contributed by atoms with Gasteiger partial charge in [0.2, 0.25) is 0 Å². The number of amides is 1. The van der Waals surface area contributed by atoms with Gasteiger partial charge >= 0.3 is 0 Å². The maximum Gasteiger partial charge on any atom is 0.282 e. The van der Waals surface area contributed by atoms with Crippen molar-refractivity contribution in [3.8, 4) is 0 Å². The van der Waals surface area contributed by atoms with Crippen LogP contribution in [-0.2, 0) is 4.79 Å². The first-order chi connectivity index (χ1) is 13.6. The largest absolute Gasteiger partial charge is 0.284 e. The maximum absolute atomic E-state index is 13.0. The van der Waals surface area contributed by atoms with E-state index >= 15 is 0 Å². The number of hydrazine groups is 1. The van der Waals surface area contributed by atoms with E-state index in [0.717, 1.165) is 37.2 Å². The zero-order valence-electron chi connectivity index (χ0n) is 16.0. The molecule has 0 bridgehead atoms. The quantitative estimate of drug-likeness (QED) is 0.832. The number of carbonyl (C=O) groups excluding carboxylic acids is 1. The lowest BCUT2D eigenvalue weighted by atomic mass is 9.91. The third-order valence-electron chi connectivity index (χ3n) is 5.47. The molecular formula is C22H25ClN4O. The van der Waals surface area contributed by atoms with Crippen LogP contribution in [0.25, 0.3) is 0 Å².